The van der Waals surface area contributed by atoms with Gasteiger partial charge < -0.3 is 5.32 Å². The quantitative estimate of drug-likeness (QED) is 0.714. The summed E-state index contributed by atoms with van der Waals surface area (Å²) in [5.41, 5.74) is 0. The van der Waals surface area contributed by atoms with Gasteiger partial charge in [0.15, 0.2) is 0 Å². The average molecular weight is 195 g/mol. The second-order valence-electron chi connectivity index (χ2n) is 3.83. The molecule has 0 bridgehead atoms. The summed E-state index contributed by atoms with van der Waals surface area (Å²) in [7, 11) is 1.79. The Labute approximate surface area is 76.7 Å². The molecule has 0 aromatic heterocycles. The van der Waals surface area contributed by atoms with E-state index in [4.69, 9.17) is 0 Å². The minimum atomic E-state index is -3.98. The fraction of sp³-hybridized carbons (Fsp3) is 1.00. The third kappa shape index (κ3) is 3.18. The van der Waals surface area contributed by atoms with Crippen molar-refractivity contribution in [2.24, 2.45) is 11.8 Å². The first-order valence-electron chi connectivity index (χ1n) is 4.75. The molecule has 0 heterocycles. The molecule has 0 radical (unpaired) electrons. The van der Waals surface area contributed by atoms with E-state index >= 15 is 0 Å². The molecule has 1 N–H and O–H groups in total. The smallest absolute Gasteiger partial charge is 0.319 e. The number of hydrogen-bond acceptors (Lipinski definition) is 1. The number of halogens is 3. The van der Waals surface area contributed by atoms with Crippen LogP contribution in [-0.2, 0) is 0 Å². The van der Waals surface area contributed by atoms with E-state index in [0.717, 1.165) is 12.8 Å². The normalized spacial score (nSPS) is 30.5. The van der Waals surface area contributed by atoms with Crippen LogP contribution in [-0.4, -0.2) is 19.8 Å². The monoisotopic (exact) mass is 195 g/mol. The molecule has 0 saturated heterocycles. The van der Waals surface area contributed by atoms with Crippen LogP contribution in [0.4, 0.5) is 13.2 Å². The molecule has 4 heteroatoms. The summed E-state index contributed by atoms with van der Waals surface area (Å²) in [6.45, 7) is 0.715. The van der Waals surface area contributed by atoms with Crippen molar-refractivity contribution in [3.8, 4) is 0 Å². The Balaban J connectivity index is 2.42. The second-order valence-corrected chi connectivity index (χ2v) is 3.83. The van der Waals surface area contributed by atoms with Crippen LogP contribution < -0.4 is 5.32 Å². The van der Waals surface area contributed by atoms with Crippen molar-refractivity contribution in [1.29, 1.82) is 0 Å². The lowest BCUT2D eigenvalue weighted by molar-refractivity contribution is -0.185. The Kier molecular flexibility index (Phi) is 3.59. The van der Waals surface area contributed by atoms with Gasteiger partial charge in [-0.15, -0.1) is 0 Å². The second kappa shape index (κ2) is 4.31. The third-order valence-electron chi connectivity index (χ3n) is 2.74. The molecule has 2 unspecified atom stereocenters. The fourth-order valence-electron chi connectivity index (χ4n) is 2.06. The highest BCUT2D eigenvalue weighted by molar-refractivity contribution is 4.78. The highest BCUT2D eigenvalue weighted by atomic mass is 19.4. The van der Waals surface area contributed by atoms with Gasteiger partial charge >= 0.3 is 6.18 Å². The summed E-state index contributed by atoms with van der Waals surface area (Å²) in [4.78, 5) is 0. The van der Waals surface area contributed by atoms with E-state index in [1.54, 1.807) is 7.05 Å². The molecular weight excluding hydrogens is 179 g/mol. The average Bonchev–Trinajstić information content (AvgIpc) is 2.04. The Hall–Kier alpha value is -0.250. The Bertz CT molecular complexity index is 153. The van der Waals surface area contributed by atoms with Gasteiger partial charge in [0.25, 0.3) is 0 Å². The first-order chi connectivity index (χ1) is 6.04. The molecule has 78 valence electrons. The van der Waals surface area contributed by atoms with E-state index in [2.05, 4.69) is 5.32 Å². The first kappa shape index (κ1) is 10.8. The Morgan fingerprint density at radius 3 is 2.54 bits per heavy atom. The van der Waals surface area contributed by atoms with E-state index in [1.807, 2.05) is 0 Å². The standard InChI is InChI=1S/C9H16F3N/c1-13-6-7-3-2-4-8(5-7)9(10,11)12/h7-8,13H,2-6H2,1H3. The van der Waals surface area contributed by atoms with Crippen molar-refractivity contribution in [3.05, 3.63) is 0 Å². The van der Waals surface area contributed by atoms with Crippen molar-refractivity contribution in [3.63, 3.8) is 0 Å². The number of nitrogens with one attached hydrogen (secondary N) is 1. The molecule has 1 aliphatic carbocycles. The summed E-state index contributed by atoms with van der Waals surface area (Å²) in [5.74, 6) is -0.843. The molecule has 0 aromatic carbocycles. The van der Waals surface area contributed by atoms with Gasteiger partial charge in [-0.3, -0.25) is 0 Å². The molecule has 1 rings (SSSR count). The Morgan fingerprint density at radius 1 is 1.31 bits per heavy atom. The first-order valence-corrected chi connectivity index (χ1v) is 4.75. The minimum absolute atomic E-state index is 0.213. The molecule has 13 heavy (non-hydrogen) atoms. The van der Waals surface area contributed by atoms with Crippen LogP contribution >= 0.6 is 0 Å². The van der Waals surface area contributed by atoms with Crippen LogP contribution in [0.3, 0.4) is 0 Å². The lowest BCUT2D eigenvalue weighted by Gasteiger charge is -2.30. The molecule has 1 saturated carbocycles. The topological polar surface area (TPSA) is 12.0 Å². The van der Waals surface area contributed by atoms with Gasteiger partial charge in [0, 0.05) is 0 Å². The summed E-state index contributed by atoms with van der Waals surface area (Å²) >= 11 is 0. The van der Waals surface area contributed by atoms with Crippen molar-refractivity contribution < 1.29 is 13.2 Å². The lowest BCUT2D eigenvalue weighted by Crippen LogP contribution is -2.32. The summed E-state index contributed by atoms with van der Waals surface area (Å²) in [6, 6.07) is 0. The molecule has 0 aliphatic heterocycles. The maximum atomic E-state index is 12.3. The predicted octanol–water partition coefficient (Wildman–Crippen LogP) is 2.57. The molecule has 1 aliphatic rings. The van der Waals surface area contributed by atoms with Crippen LogP contribution in [0.5, 0.6) is 0 Å². The molecule has 2 atom stereocenters. The van der Waals surface area contributed by atoms with Gasteiger partial charge in [-0.25, -0.2) is 0 Å². The molecule has 0 spiro atoms. The fourth-order valence-corrected chi connectivity index (χ4v) is 2.06. The zero-order valence-corrected chi connectivity index (χ0v) is 7.82. The maximum Gasteiger partial charge on any atom is 0.391 e. The van der Waals surface area contributed by atoms with Crippen molar-refractivity contribution in [1.82, 2.24) is 5.32 Å². The number of rotatable bonds is 2. The zero-order chi connectivity index (χ0) is 9.90. The van der Waals surface area contributed by atoms with E-state index in [9.17, 15) is 13.2 Å². The van der Waals surface area contributed by atoms with Crippen molar-refractivity contribution in [2.75, 3.05) is 13.6 Å². The number of alkyl halides is 3. The van der Waals surface area contributed by atoms with Gasteiger partial charge in [0.1, 0.15) is 0 Å². The molecule has 0 aromatic rings. The van der Waals surface area contributed by atoms with E-state index in [0.29, 0.717) is 19.4 Å². The van der Waals surface area contributed by atoms with Crippen molar-refractivity contribution in [2.45, 2.75) is 31.9 Å². The third-order valence-corrected chi connectivity index (χ3v) is 2.74. The molecule has 1 fully saturated rings. The summed E-state index contributed by atoms with van der Waals surface area (Å²) in [6.07, 6.45) is -1.69. The SMILES string of the molecule is CNCC1CCCC(C(F)(F)F)C1. The van der Waals surface area contributed by atoms with Crippen LogP contribution in [0, 0.1) is 11.8 Å². The summed E-state index contributed by atoms with van der Waals surface area (Å²) in [5, 5.41) is 2.94. The van der Waals surface area contributed by atoms with Gasteiger partial charge in [-0.05, 0) is 38.8 Å². The molecule has 0 amide bonds. The van der Waals surface area contributed by atoms with Gasteiger partial charge in [-0.2, -0.15) is 13.2 Å². The van der Waals surface area contributed by atoms with E-state index in [-0.39, 0.29) is 5.92 Å². The van der Waals surface area contributed by atoms with Gasteiger partial charge in [-0.1, -0.05) is 6.42 Å². The highest BCUT2D eigenvalue weighted by Gasteiger charge is 2.41. The van der Waals surface area contributed by atoms with Crippen LogP contribution in [0.2, 0.25) is 0 Å². The van der Waals surface area contributed by atoms with E-state index in [1.165, 1.54) is 0 Å². The van der Waals surface area contributed by atoms with Gasteiger partial charge in [0.05, 0.1) is 5.92 Å². The molecular formula is C9H16F3N. The Morgan fingerprint density at radius 2 is 2.00 bits per heavy atom. The lowest BCUT2D eigenvalue weighted by atomic mass is 9.81. The predicted molar refractivity (Wildman–Crippen MR) is 45.4 cm³/mol. The molecule has 1 nitrogen and oxygen atoms in total. The number of hydrogen-bond donors (Lipinski definition) is 1. The van der Waals surface area contributed by atoms with Gasteiger partial charge in [0.2, 0.25) is 0 Å². The van der Waals surface area contributed by atoms with Crippen molar-refractivity contribution >= 4 is 0 Å². The highest BCUT2D eigenvalue weighted by Crippen LogP contribution is 2.39. The van der Waals surface area contributed by atoms with Crippen LogP contribution in [0.25, 0.3) is 0 Å². The van der Waals surface area contributed by atoms with Crippen LogP contribution in [0.1, 0.15) is 25.7 Å². The van der Waals surface area contributed by atoms with Crippen LogP contribution in [0.15, 0.2) is 0 Å². The largest absolute Gasteiger partial charge is 0.391 e. The zero-order valence-electron chi connectivity index (χ0n) is 7.82. The minimum Gasteiger partial charge on any atom is -0.319 e. The van der Waals surface area contributed by atoms with E-state index < -0.39 is 12.1 Å². The maximum absolute atomic E-state index is 12.3. The summed E-state index contributed by atoms with van der Waals surface area (Å²) < 4.78 is 37.0.